The zero-order valence-electron chi connectivity index (χ0n) is 10.7. The molecule has 2 aliphatic rings. The summed E-state index contributed by atoms with van der Waals surface area (Å²) in [7, 11) is 0. The second kappa shape index (κ2) is 5.53. The van der Waals surface area contributed by atoms with E-state index in [0.29, 0.717) is 12.0 Å². The van der Waals surface area contributed by atoms with Gasteiger partial charge < -0.3 is 4.74 Å². The van der Waals surface area contributed by atoms with Crippen LogP contribution < -0.4 is 0 Å². The van der Waals surface area contributed by atoms with Crippen molar-refractivity contribution in [2.45, 2.75) is 31.8 Å². The summed E-state index contributed by atoms with van der Waals surface area (Å²) in [6, 6.07) is 10.6. The van der Waals surface area contributed by atoms with Gasteiger partial charge in [0, 0.05) is 5.92 Å². The van der Waals surface area contributed by atoms with Crippen molar-refractivity contribution in [3.05, 3.63) is 53.6 Å². The van der Waals surface area contributed by atoms with Crippen molar-refractivity contribution >= 4 is 6.08 Å². The van der Waals surface area contributed by atoms with Crippen LogP contribution in [0, 0.1) is 5.92 Å². The molecular weight excluding hydrogens is 220 g/mol. The van der Waals surface area contributed by atoms with Gasteiger partial charge in [-0.15, -0.1) is 0 Å². The highest BCUT2D eigenvalue weighted by Crippen LogP contribution is 2.33. The summed E-state index contributed by atoms with van der Waals surface area (Å²) in [5.74, 6) is 0.505. The zero-order valence-corrected chi connectivity index (χ0v) is 10.7. The molecule has 1 fully saturated rings. The third kappa shape index (κ3) is 2.56. The van der Waals surface area contributed by atoms with Gasteiger partial charge in [0.15, 0.2) is 0 Å². The molecule has 0 saturated carbocycles. The quantitative estimate of drug-likeness (QED) is 0.668. The second-order valence-electron chi connectivity index (χ2n) is 5.22. The van der Waals surface area contributed by atoms with E-state index >= 15 is 0 Å². The van der Waals surface area contributed by atoms with E-state index in [0.717, 1.165) is 6.61 Å². The molecule has 94 valence electrons. The van der Waals surface area contributed by atoms with Crippen LogP contribution in [-0.2, 0) is 4.74 Å². The number of benzene rings is 1. The first-order valence-electron chi connectivity index (χ1n) is 6.97. The van der Waals surface area contributed by atoms with Crippen molar-refractivity contribution < 1.29 is 4.74 Å². The molecule has 1 aliphatic heterocycles. The normalized spacial score (nSPS) is 31.7. The fourth-order valence-corrected chi connectivity index (χ4v) is 2.90. The van der Waals surface area contributed by atoms with Crippen molar-refractivity contribution in [1.29, 1.82) is 0 Å². The predicted molar refractivity (Wildman–Crippen MR) is 75.3 cm³/mol. The van der Waals surface area contributed by atoms with E-state index in [1.54, 1.807) is 0 Å². The lowest BCUT2D eigenvalue weighted by molar-refractivity contribution is 0.0898. The van der Waals surface area contributed by atoms with E-state index in [-0.39, 0.29) is 0 Å². The van der Waals surface area contributed by atoms with Gasteiger partial charge in [0.05, 0.1) is 12.7 Å². The van der Waals surface area contributed by atoms with Crippen LogP contribution in [0.5, 0.6) is 0 Å². The Morgan fingerprint density at radius 3 is 2.89 bits per heavy atom. The molecule has 1 heteroatoms. The minimum Gasteiger partial charge on any atom is -0.373 e. The Morgan fingerprint density at radius 1 is 1.11 bits per heavy atom. The van der Waals surface area contributed by atoms with Crippen LogP contribution in [0.1, 0.15) is 31.2 Å². The van der Waals surface area contributed by atoms with Crippen LogP contribution in [-0.4, -0.2) is 12.7 Å². The van der Waals surface area contributed by atoms with Gasteiger partial charge in [-0.2, -0.15) is 0 Å². The molecule has 1 aromatic rings. The molecule has 0 radical (unpaired) electrons. The molecule has 1 aromatic carbocycles. The minimum absolute atomic E-state index is 0.413. The van der Waals surface area contributed by atoms with E-state index in [9.17, 15) is 0 Å². The van der Waals surface area contributed by atoms with Crippen LogP contribution in [0.25, 0.3) is 6.08 Å². The lowest BCUT2D eigenvalue weighted by atomic mass is 9.89. The first-order chi connectivity index (χ1) is 8.93. The van der Waals surface area contributed by atoms with E-state index in [1.807, 2.05) is 0 Å². The number of rotatable bonds is 1. The van der Waals surface area contributed by atoms with Crippen molar-refractivity contribution in [2.75, 3.05) is 6.61 Å². The van der Waals surface area contributed by atoms with E-state index in [4.69, 9.17) is 4.74 Å². The molecule has 0 amide bonds. The van der Waals surface area contributed by atoms with E-state index in [1.165, 1.54) is 36.8 Å². The molecule has 0 spiro atoms. The number of hydrogen-bond donors (Lipinski definition) is 0. The molecule has 0 unspecified atom stereocenters. The summed E-state index contributed by atoms with van der Waals surface area (Å²) in [6.07, 6.45) is 12.5. The van der Waals surface area contributed by atoms with Crippen molar-refractivity contribution in [2.24, 2.45) is 5.92 Å². The van der Waals surface area contributed by atoms with Gasteiger partial charge >= 0.3 is 0 Å². The van der Waals surface area contributed by atoms with Crippen LogP contribution in [0.2, 0.25) is 0 Å². The van der Waals surface area contributed by atoms with Crippen LogP contribution in [0.4, 0.5) is 0 Å². The fraction of sp³-hybridized carbons (Fsp3) is 0.412. The Hall–Kier alpha value is -1.34. The monoisotopic (exact) mass is 240 g/mol. The van der Waals surface area contributed by atoms with Crippen LogP contribution in [0.15, 0.2) is 48.1 Å². The maximum absolute atomic E-state index is 5.96. The van der Waals surface area contributed by atoms with Gasteiger partial charge in [0.25, 0.3) is 0 Å². The number of fused-ring (bicyclic) bond motifs is 1. The lowest BCUT2D eigenvalue weighted by Gasteiger charge is -2.17. The van der Waals surface area contributed by atoms with Gasteiger partial charge in [-0.05, 0) is 30.4 Å². The molecule has 1 nitrogen and oxygen atoms in total. The van der Waals surface area contributed by atoms with Crippen LogP contribution >= 0.6 is 0 Å². The average molecular weight is 240 g/mol. The summed E-state index contributed by atoms with van der Waals surface area (Å²) in [4.78, 5) is 0. The van der Waals surface area contributed by atoms with Crippen molar-refractivity contribution in [3.8, 4) is 0 Å². The molecule has 18 heavy (non-hydrogen) atoms. The highest BCUT2D eigenvalue weighted by atomic mass is 16.5. The SMILES string of the molecule is C1=C\[C@H]2/C(=C/c3ccccc3)CO[C@@H]2CCCC/1. The Kier molecular flexibility index (Phi) is 3.61. The number of ether oxygens (including phenoxy) is 1. The lowest BCUT2D eigenvalue weighted by Crippen LogP contribution is -2.15. The molecule has 0 aromatic heterocycles. The molecule has 2 atom stereocenters. The minimum atomic E-state index is 0.413. The molecule has 1 aliphatic carbocycles. The Morgan fingerprint density at radius 2 is 2.00 bits per heavy atom. The fourth-order valence-electron chi connectivity index (χ4n) is 2.90. The molecule has 1 heterocycles. The van der Waals surface area contributed by atoms with Gasteiger partial charge in [-0.25, -0.2) is 0 Å². The molecular formula is C17H20O. The average Bonchev–Trinajstić information content (AvgIpc) is 2.72. The third-order valence-electron chi connectivity index (χ3n) is 3.90. The predicted octanol–water partition coefficient (Wildman–Crippen LogP) is 4.22. The van der Waals surface area contributed by atoms with E-state index in [2.05, 4.69) is 48.6 Å². The number of hydrogen-bond acceptors (Lipinski definition) is 1. The topological polar surface area (TPSA) is 9.23 Å². The molecule has 1 saturated heterocycles. The Balaban J connectivity index is 1.84. The van der Waals surface area contributed by atoms with Crippen LogP contribution in [0.3, 0.4) is 0 Å². The first kappa shape index (κ1) is 11.7. The summed E-state index contributed by atoms with van der Waals surface area (Å²) >= 11 is 0. The zero-order chi connectivity index (χ0) is 12.2. The van der Waals surface area contributed by atoms with Gasteiger partial charge in [-0.1, -0.05) is 55.0 Å². The van der Waals surface area contributed by atoms with Gasteiger partial charge in [0.2, 0.25) is 0 Å². The highest BCUT2D eigenvalue weighted by molar-refractivity contribution is 5.55. The van der Waals surface area contributed by atoms with Gasteiger partial charge in [-0.3, -0.25) is 0 Å². The standard InChI is InChI=1S/C17H20O/c1-2-7-11-17-16(10-6-1)15(13-18-17)12-14-8-4-3-5-9-14/h3-6,8-10,12,16-17H,1-2,7,11,13H2/b10-6-,15-12+/t16-,17+/m0/s1. The molecule has 0 bridgehead atoms. The largest absolute Gasteiger partial charge is 0.373 e. The smallest absolute Gasteiger partial charge is 0.0691 e. The second-order valence-corrected chi connectivity index (χ2v) is 5.22. The maximum atomic E-state index is 5.96. The van der Waals surface area contributed by atoms with E-state index < -0.39 is 0 Å². The summed E-state index contributed by atoms with van der Waals surface area (Å²) in [5, 5.41) is 0. The maximum Gasteiger partial charge on any atom is 0.0691 e. The van der Waals surface area contributed by atoms with Crippen molar-refractivity contribution in [3.63, 3.8) is 0 Å². The summed E-state index contributed by atoms with van der Waals surface area (Å²) in [5.41, 5.74) is 2.72. The molecule has 0 N–H and O–H groups in total. The molecule has 3 rings (SSSR count). The van der Waals surface area contributed by atoms with Gasteiger partial charge in [0.1, 0.15) is 0 Å². The number of allylic oxidation sites excluding steroid dienone is 1. The highest BCUT2D eigenvalue weighted by Gasteiger charge is 2.30. The summed E-state index contributed by atoms with van der Waals surface area (Å²) in [6.45, 7) is 0.800. The van der Waals surface area contributed by atoms with Crippen molar-refractivity contribution in [1.82, 2.24) is 0 Å². The first-order valence-corrected chi connectivity index (χ1v) is 6.97. The Labute approximate surface area is 109 Å². The third-order valence-corrected chi connectivity index (χ3v) is 3.90. The Bertz CT molecular complexity index is 444. The summed E-state index contributed by atoms with van der Waals surface area (Å²) < 4.78 is 5.96.